The number of aliphatic imine (C=N–C) groups is 3. The molecule has 6 aliphatic rings. The van der Waals surface area contributed by atoms with Gasteiger partial charge in [0, 0.05) is 76.0 Å². The standard InChI is InChI=1S/C61H92N20O11S/c62-39(15-5-22-70-59(63)64)50(84)76-41(18-8-24-72-61(67)68)55(89)78-25-9-20-45(78)57(91)80-33-37(82)29-46(80)53(87)73-31-49(83)74-43(30-38-14-10-26-93-38)52(86)77-42-17-7-21-69-51(85)40(16-6-23-71-60(65)66)75-54(88)47-28-35-12-3-4-19-44(35)81(47)58(92)48-27-34-11-1-2-13-36(34)32-79(48)56(42)90/h1-2,10-11,13-14,26,35,37,39-48,82H,3-9,12,15-25,27-33,62H2,(H,69,85)(H,73,87)(H,74,83)(H,75,88)(H,76,84)(H,77,86)(H4,63,64,70)(H4,65,66,71)(H4,67,68,72)/t35?,37-,39-,40+,41+,42+,43+,44?,45+,46+,47+,48-/m1/s1. The number of carbonyl (C=O) groups is 10. The molecule has 6 heterocycles. The van der Waals surface area contributed by atoms with Crippen LogP contribution < -0.4 is 72.0 Å². The Morgan fingerprint density at radius 2 is 1.41 bits per heavy atom. The summed E-state index contributed by atoms with van der Waals surface area (Å²) in [6.45, 7) is -0.194. The summed E-state index contributed by atoms with van der Waals surface area (Å²) in [6, 6.07) is 0.570. The third-order valence-corrected chi connectivity index (χ3v) is 19.1. The summed E-state index contributed by atoms with van der Waals surface area (Å²) in [7, 11) is 0. The Hall–Kier alpha value is -8.65. The molecular formula is C61H92N20O11S. The molecule has 5 aliphatic heterocycles. The van der Waals surface area contributed by atoms with Gasteiger partial charge in [-0.3, -0.25) is 62.9 Å². The number of fused-ring (bicyclic) bond motifs is 5. The molecule has 1 aromatic carbocycles. The molecule has 21 N–H and O–H groups in total. The van der Waals surface area contributed by atoms with Crippen LogP contribution in [0.1, 0.15) is 119 Å². The minimum Gasteiger partial charge on any atom is -0.391 e. The number of benzene rings is 1. The summed E-state index contributed by atoms with van der Waals surface area (Å²) < 4.78 is 0. The van der Waals surface area contributed by atoms with Gasteiger partial charge in [0.25, 0.3) is 0 Å². The molecule has 12 atom stereocenters. The maximum atomic E-state index is 15.5. The summed E-state index contributed by atoms with van der Waals surface area (Å²) in [5, 5.41) is 29.6. The number of hydrogen-bond acceptors (Lipinski definition) is 16. The van der Waals surface area contributed by atoms with Crippen molar-refractivity contribution in [1.29, 1.82) is 0 Å². The van der Waals surface area contributed by atoms with E-state index in [0.717, 1.165) is 30.4 Å². The lowest BCUT2D eigenvalue weighted by Gasteiger charge is -2.42. The first-order chi connectivity index (χ1) is 44.6. The number of carbonyl (C=O) groups excluding carboxylic acids is 10. The van der Waals surface area contributed by atoms with Crippen LogP contribution in [0, 0.1) is 5.92 Å². The molecule has 32 heteroatoms. The second-order valence-electron chi connectivity index (χ2n) is 24.8. The minimum atomic E-state index is -1.33. The monoisotopic (exact) mass is 1310 g/mol. The zero-order chi connectivity index (χ0) is 66.9. The lowest BCUT2D eigenvalue weighted by atomic mass is 9.84. The van der Waals surface area contributed by atoms with Gasteiger partial charge in [-0.15, -0.1) is 11.3 Å². The summed E-state index contributed by atoms with van der Waals surface area (Å²) in [5.41, 5.74) is 40.9. The van der Waals surface area contributed by atoms with Crippen LogP contribution in [-0.4, -0.2) is 214 Å². The third kappa shape index (κ3) is 18.8. The van der Waals surface area contributed by atoms with Crippen molar-refractivity contribution in [3.63, 3.8) is 0 Å². The Morgan fingerprint density at radius 1 is 0.710 bits per heavy atom. The number of amides is 10. The zero-order valence-electron chi connectivity index (χ0n) is 52.5. The molecule has 93 heavy (non-hydrogen) atoms. The van der Waals surface area contributed by atoms with Crippen molar-refractivity contribution in [3.8, 4) is 0 Å². The van der Waals surface area contributed by atoms with E-state index in [4.69, 9.17) is 40.1 Å². The number of β-amino-alcohol motifs (C(OH)–C–C–N with tert-alkyl or cyclic N) is 1. The number of aliphatic hydroxyl groups excluding tert-OH is 1. The van der Waals surface area contributed by atoms with Gasteiger partial charge in [-0.1, -0.05) is 43.2 Å². The first-order valence-electron chi connectivity index (χ1n) is 32.3. The van der Waals surface area contributed by atoms with E-state index in [1.54, 1.807) is 22.4 Å². The van der Waals surface area contributed by atoms with Crippen LogP contribution in [0.3, 0.4) is 0 Å². The van der Waals surface area contributed by atoms with Crippen LogP contribution in [0.2, 0.25) is 0 Å². The zero-order valence-corrected chi connectivity index (χ0v) is 53.3. The molecular weight excluding hydrogens is 1220 g/mol. The van der Waals surface area contributed by atoms with Gasteiger partial charge in [-0.2, -0.15) is 0 Å². The van der Waals surface area contributed by atoms with Crippen molar-refractivity contribution in [3.05, 3.63) is 57.8 Å². The molecule has 1 aromatic heterocycles. The molecule has 1 aliphatic carbocycles. The first-order valence-corrected chi connectivity index (χ1v) is 33.1. The summed E-state index contributed by atoms with van der Waals surface area (Å²) in [5.74, 6) is -6.50. The van der Waals surface area contributed by atoms with E-state index in [-0.39, 0.29) is 140 Å². The molecule has 4 saturated heterocycles. The van der Waals surface area contributed by atoms with E-state index in [1.807, 2.05) is 24.3 Å². The topological polar surface area (TPSA) is 495 Å². The highest BCUT2D eigenvalue weighted by molar-refractivity contribution is 7.09. The van der Waals surface area contributed by atoms with Crippen molar-refractivity contribution in [1.82, 2.24) is 51.5 Å². The lowest BCUT2D eigenvalue weighted by molar-refractivity contribution is -0.153. The summed E-state index contributed by atoms with van der Waals surface area (Å²) >= 11 is 1.32. The number of nitrogens with two attached hydrogens (primary N) is 7. The van der Waals surface area contributed by atoms with Crippen molar-refractivity contribution in [2.24, 2.45) is 61.0 Å². The molecule has 10 amide bonds. The van der Waals surface area contributed by atoms with Crippen molar-refractivity contribution in [2.45, 2.75) is 189 Å². The van der Waals surface area contributed by atoms with E-state index >= 15 is 9.59 Å². The minimum absolute atomic E-state index is 0.0137. The van der Waals surface area contributed by atoms with Crippen LogP contribution >= 0.6 is 11.3 Å². The molecule has 8 rings (SSSR count). The average Bonchev–Trinajstić information content (AvgIpc) is 1.72. The largest absolute Gasteiger partial charge is 0.391 e. The number of nitrogens with one attached hydrogen (secondary N) is 6. The molecule has 508 valence electrons. The Bertz CT molecular complexity index is 3100. The SMILES string of the molecule is NC(N)=NCCC[C@@H](N)C(=O)N[C@@H](CCCN=C(N)N)C(=O)N1CCC[C@H]1C(=O)N1C[C@H](O)C[C@H]1C(=O)NCC(=O)N[C@@H](Cc1cccs1)C(=O)N[C@H]1CCCNC(=O)[C@H](CCCN=C(N)N)NC(=O)[C@@H]2CC3CCCCC3N2C(=O)[C@H]2Cc3ccccc3CN2C1=O. The van der Waals surface area contributed by atoms with Crippen LogP contribution in [-0.2, 0) is 67.3 Å². The fourth-order valence-corrected chi connectivity index (χ4v) is 14.4. The summed E-state index contributed by atoms with van der Waals surface area (Å²) in [6.07, 6.45) is 4.54. The first kappa shape index (κ1) is 70.2. The molecule has 2 aromatic rings. The van der Waals surface area contributed by atoms with Gasteiger partial charge in [0.15, 0.2) is 17.9 Å². The number of aliphatic hydroxyl groups is 1. The lowest BCUT2D eigenvalue weighted by Crippen LogP contribution is -2.62. The highest BCUT2D eigenvalue weighted by Crippen LogP contribution is 2.41. The second kappa shape index (κ2) is 33.3. The van der Waals surface area contributed by atoms with Gasteiger partial charge in [0.2, 0.25) is 59.1 Å². The average molecular weight is 1310 g/mol. The normalized spacial score (nSPS) is 24.9. The Kier molecular flexibility index (Phi) is 25.1. The number of nitrogens with zero attached hydrogens (tertiary/aromatic N) is 7. The summed E-state index contributed by atoms with van der Waals surface area (Å²) in [4.78, 5) is 163. The number of guanidine groups is 3. The smallest absolute Gasteiger partial charge is 0.246 e. The molecule has 5 fully saturated rings. The van der Waals surface area contributed by atoms with Gasteiger partial charge in [-0.25, -0.2) is 0 Å². The van der Waals surface area contributed by atoms with Crippen LogP contribution in [0.5, 0.6) is 0 Å². The molecule has 31 nitrogen and oxygen atoms in total. The van der Waals surface area contributed by atoms with Crippen molar-refractivity contribution >= 4 is 88.3 Å². The van der Waals surface area contributed by atoms with Gasteiger partial charge in [0.05, 0.1) is 18.7 Å². The molecule has 0 radical (unpaired) electrons. The van der Waals surface area contributed by atoms with Crippen LogP contribution in [0.25, 0.3) is 0 Å². The van der Waals surface area contributed by atoms with E-state index in [9.17, 15) is 43.5 Å². The Balaban J connectivity index is 0.975. The van der Waals surface area contributed by atoms with Crippen LogP contribution in [0.15, 0.2) is 56.8 Å². The van der Waals surface area contributed by atoms with E-state index in [0.29, 0.717) is 37.0 Å². The maximum Gasteiger partial charge on any atom is 0.246 e. The maximum absolute atomic E-state index is 15.5. The fraction of sp³-hybridized carbons (Fsp3) is 0.623. The quantitative estimate of drug-likeness (QED) is 0.0269. The van der Waals surface area contributed by atoms with Gasteiger partial charge >= 0.3 is 0 Å². The van der Waals surface area contributed by atoms with Crippen LogP contribution in [0.4, 0.5) is 0 Å². The van der Waals surface area contributed by atoms with E-state index in [1.165, 1.54) is 26.0 Å². The van der Waals surface area contributed by atoms with Gasteiger partial charge in [0.1, 0.15) is 48.3 Å². The molecule has 2 unspecified atom stereocenters. The number of rotatable bonds is 24. The number of likely N-dealkylation sites (tertiary alicyclic amines) is 2. The second-order valence-corrected chi connectivity index (χ2v) is 25.9. The highest BCUT2D eigenvalue weighted by Gasteiger charge is 2.52. The van der Waals surface area contributed by atoms with Gasteiger partial charge in [-0.05, 0) is 112 Å². The van der Waals surface area contributed by atoms with Crippen molar-refractivity contribution < 1.29 is 53.1 Å². The Morgan fingerprint density at radius 3 is 2.12 bits per heavy atom. The molecule has 1 saturated carbocycles. The predicted octanol–water partition coefficient (Wildman–Crippen LogP) is -4.19. The number of thiophene rings is 1. The Labute approximate surface area is 544 Å². The fourth-order valence-electron chi connectivity index (χ4n) is 13.6. The molecule has 0 spiro atoms. The predicted molar refractivity (Wildman–Crippen MR) is 345 cm³/mol. The van der Waals surface area contributed by atoms with Crippen molar-refractivity contribution in [2.75, 3.05) is 45.8 Å². The highest BCUT2D eigenvalue weighted by atomic mass is 32.1. The van der Waals surface area contributed by atoms with Gasteiger partial charge < -0.3 is 96.7 Å². The third-order valence-electron chi connectivity index (χ3n) is 18.2. The number of hydrogen-bond donors (Lipinski definition) is 14. The van der Waals surface area contributed by atoms with E-state index < -0.39 is 126 Å². The van der Waals surface area contributed by atoms with E-state index in [2.05, 4.69) is 46.9 Å². The molecule has 0 bridgehead atoms.